The lowest BCUT2D eigenvalue weighted by molar-refractivity contribution is -0.219. The molecule has 5 atom stereocenters. The number of carboxylic acids is 1. The Bertz CT molecular complexity index is 1280. The normalized spacial score (nSPS) is 25.2. The molecule has 0 aromatic heterocycles. The second-order valence-electron chi connectivity index (χ2n) is 8.65. The second kappa shape index (κ2) is 9.17. The average molecular weight is 502 g/mol. The summed E-state index contributed by atoms with van der Waals surface area (Å²) in [5.41, 5.74) is -0.476. The van der Waals surface area contributed by atoms with E-state index in [9.17, 15) is 34.8 Å². The molecule has 0 saturated carbocycles. The first-order valence-electron chi connectivity index (χ1n) is 11.0. The number of aliphatic hydroxyl groups is 3. The van der Waals surface area contributed by atoms with E-state index in [-0.39, 0.29) is 56.2 Å². The summed E-state index contributed by atoms with van der Waals surface area (Å²) in [4.78, 5) is 39.3. The number of aliphatic hydroxyl groups excluding tert-OH is 3. The fourth-order valence-corrected chi connectivity index (χ4v) is 4.94. The lowest BCUT2D eigenvalue weighted by atomic mass is 9.78. The Hall–Kier alpha value is -3.51. The fraction of sp³-hybridized carbons (Fsp3) is 0.400. The Morgan fingerprint density at radius 2 is 1.44 bits per heavy atom. The predicted molar refractivity (Wildman–Crippen MR) is 122 cm³/mol. The molecule has 36 heavy (non-hydrogen) atoms. The van der Waals surface area contributed by atoms with E-state index >= 15 is 0 Å². The molecule has 1 saturated heterocycles. The Balaban J connectivity index is 2.00. The van der Waals surface area contributed by atoms with Gasteiger partial charge in [0.15, 0.2) is 23.1 Å². The van der Waals surface area contributed by atoms with Gasteiger partial charge in [-0.3, -0.25) is 9.59 Å². The number of benzene rings is 2. The van der Waals surface area contributed by atoms with Gasteiger partial charge in [-0.15, -0.1) is 0 Å². The minimum atomic E-state index is -1.60. The Kier molecular flexibility index (Phi) is 6.52. The van der Waals surface area contributed by atoms with Crippen LogP contribution in [0.2, 0.25) is 0 Å². The van der Waals surface area contributed by atoms with Crippen molar-refractivity contribution in [3.05, 3.63) is 51.1 Å². The van der Waals surface area contributed by atoms with Gasteiger partial charge in [-0.1, -0.05) is 0 Å². The summed E-state index contributed by atoms with van der Waals surface area (Å²) in [5.74, 6) is -2.78. The maximum absolute atomic E-state index is 13.7. The predicted octanol–water partition coefficient (Wildman–Crippen LogP) is 1.04. The number of carbonyl (C=O) groups excluding carboxylic acids is 2. The number of fused-ring (bicyclic) bond motifs is 2. The zero-order chi connectivity index (χ0) is 26.6. The number of aromatic carboxylic acids is 1. The molecular weight excluding hydrogens is 476 g/mol. The third kappa shape index (κ3) is 3.54. The van der Waals surface area contributed by atoms with Crippen LogP contribution < -0.4 is 14.2 Å². The summed E-state index contributed by atoms with van der Waals surface area (Å²) in [6, 6.07) is 2.51. The molecule has 2 aromatic rings. The van der Waals surface area contributed by atoms with Crippen LogP contribution in [-0.4, -0.2) is 83.7 Å². The molecule has 11 nitrogen and oxygen atoms in total. The van der Waals surface area contributed by atoms with Gasteiger partial charge in [0.2, 0.25) is 0 Å². The van der Waals surface area contributed by atoms with Crippen molar-refractivity contribution in [1.82, 2.24) is 0 Å². The Morgan fingerprint density at radius 1 is 0.861 bits per heavy atom. The van der Waals surface area contributed by atoms with Crippen molar-refractivity contribution < 1.29 is 53.8 Å². The standard InChI is InChI=1S/C25H26O11/c1-8-14-11(7-13(33-3)15(8)25(31)32)19(28)16-10(18(14)27)6-12(23(34-4)24(16)35-5)22-21(30)20(29)17(26)9(2)36-22/h6-7,9,17,20-22,26,29-30H,1-5H3,(H,31,32)/t9-,17+,20+,21-,22+/m0/s1. The third-order valence-corrected chi connectivity index (χ3v) is 6.75. The summed E-state index contributed by atoms with van der Waals surface area (Å²) >= 11 is 0. The molecule has 1 fully saturated rings. The molecule has 0 spiro atoms. The molecule has 0 amide bonds. The number of ether oxygens (including phenoxy) is 4. The van der Waals surface area contributed by atoms with E-state index in [0.717, 1.165) is 0 Å². The van der Waals surface area contributed by atoms with Crippen LogP contribution in [-0.2, 0) is 4.74 Å². The van der Waals surface area contributed by atoms with Crippen LogP contribution >= 0.6 is 0 Å². The van der Waals surface area contributed by atoms with Gasteiger partial charge >= 0.3 is 5.97 Å². The highest BCUT2D eigenvalue weighted by Crippen LogP contribution is 2.48. The fourth-order valence-electron chi connectivity index (χ4n) is 4.94. The highest BCUT2D eigenvalue weighted by molar-refractivity contribution is 6.31. The van der Waals surface area contributed by atoms with Crippen LogP contribution in [0.1, 0.15) is 66.4 Å². The maximum Gasteiger partial charge on any atom is 0.339 e. The smallest absolute Gasteiger partial charge is 0.339 e. The lowest BCUT2D eigenvalue weighted by Gasteiger charge is -2.40. The average Bonchev–Trinajstić information content (AvgIpc) is 2.85. The van der Waals surface area contributed by atoms with Crippen molar-refractivity contribution in [3.63, 3.8) is 0 Å². The van der Waals surface area contributed by atoms with Gasteiger partial charge in [-0.25, -0.2) is 4.79 Å². The van der Waals surface area contributed by atoms with Gasteiger partial charge in [0.05, 0.1) is 33.0 Å². The summed E-state index contributed by atoms with van der Waals surface area (Å²) in [7, 11) is 3.83. The highest BCUT2D eigenvalue weighted by atomic mass is 16.5. The topological polar surface area (TPSA) is 169 Å². The van der Waals surface area contributed by atoms with Crippen LogP contribution in [0.15, 0.2) is 12.1 Å². The summed E-state index contributed by atoms with van der Waals surface area (Å²) in [6.07, 6.45) is -6.64. The Labute approximate surface area is 205 Å². The molecule has 1 aliphatic carbocycles. The van der Waals surface area contributed by atoms with Crippen molar-refractivity contribution in [2.75, 3.05) is 21.3 Å². The van der Waals surface area contributed by atoms with E-state index in [4.69, 9.17) is 18.9 Å². The SMILES string of the molecule is COc1cc2c(c(C)c1C(=O)O)C(=O)c1cc([C@H]3O[C@@H](C)[C@@H](O)[C@@H](O)[C@@H]3O)c(OC)c(OC)c1C2=O. The van der Waals surface area contributed by atoms with Crippen LogP contribution in [0.5, 0.6) is 17.2 Å². The monoisotopic (exact) mass is 502 g/mol. The molecule has 0 radical (unpaired) electrons. The molecule has 192 valence electrons. The Morgan fingerprint density at radius 3 is 2.00 bits per heavy atom. The number of ketones is 2. The van der Waals surface area contributed by atoms with E-state index in [0.29, 0.717) is 0 Å². The van der Waals surface area contributed by atoms with E-state index < -0.39 is 48.1 Å². The van der Waals surface area contributed by atoms with Crippen molar-refractivity contribution in [2.45, 2.75) is 44.4 Å². The third-order valence-electron chi connectivity index (χ3n) is 6.75. The van der Waals surface area contributed by atoms with Crippen molar-refractivity contribution in [3.8, 4) is 17.2 Å². The van der Waals surface area contributed by atoms with Crippen LogP contribution in [0.4, 0.5) is 0 Å². The molecule has 0 bridgehead atoms. The first-order valence-corrected chi connectivity index (χ1v) is 11.0. The second-order valence-corrected chi connectivity index (χ2v) is 8.65. The number of rotatable bonds is 5. The van der Waals surface area contributed by atoms with E-state index in [1.807, 2.05) is 0 Å². The van der Waals surface area contributed by atoms with Crippen molar-refractivity contribution in [1.29, 1.82) is 0 Å². The summed E-state index contributed by atoms with van der Waals surface area (Å²) in [6.45, 7) is 2.92. The number of hydrogen-bond donors (Lipinski definition) is 4. The number of methoxy groups -OCH3 is 3. The largest absolute Gasteiger partial charge is 0.496 e. The zero-order valence-electron chi connectivity index (χ0n) is 20.2. The highest BCUT2D eigenvalue weighted by Gasteiger charge is 2.46. The zero-order valence-corrected chi connectivity index (χ0v) is 20.2. The number of carbonyl (C=O) groups is 3. The molecule has 1 aliphatic heterocycles. The van der Waals surface area contributed by atoms with Gasteiger partial charge in [-0.05, 0) is 31.5 Å². The van der Waals surface area contributed by atoms with Crippen molar-refractivity contribution in [2.24, 2.45) is 0 Å². The quantitative estimate of drug-likeness (QED) is 0.393. The minimum absolute atomic E-state index is 0.00784. The molecule has 4 rings (SSSR count). The number of carboxylic acid groups (broad SMARTS) is 1. The van der Waals surface area contributed by atoms with Gasteiger partial charge in [0.1, 0.15) is 35.7 Å². The van der Waals surface area contributed by atoms with Crippen LogP contribution in [0.3, 0.4) is 0 Å². The molecule has 2 aromatic carbocycles. The van der Waals surface area contributed by atoms with E-state index in [1.54, 1.807) is 0 Å². The summed E-state index contributed by atoms with van der Waals surface area (Å²) in [5, 5.41) is 40.8. The molecular formula is C25H26O11. The van der Waals surface area contributed by atoms with E-state index in [1.165, 1.54) is 47.3 Å². The van der Waals surface area contributed by atoms with Gasteiger partial charge in [-0.2, -0.15) is 0 Å². The van der Waals surface area contributed by atoms with Crippen LogP contribution in [0, 0.1) is 6.92 Å². The first kappa shape index (κ1) is 25.6. The van der Waals surface area contributed by atoms with Gasteiger partial charge in [0.25, 0.3) is 0 Å². The molecule has 11 heteroatoms. The lowest BCUT2D eigenvalue weighted by Crippen LogP contribution is -2.53. The minimum Gasteiger partial charge on any atom is -0.496 e. The van der Waals surface area contributed by atoms with Crippen LogP contribution in [0.25, 0.3) is 0 Å². The molecule has 4 N–H and O–H groups in total. The summed E-state index contributed by atoms with van der Waals surface area (Å²) < 4.78 is 21.9. The molecule has 2 aliphatic rings. The maximum atomic E-state index is 13.7. The van der Waals surface area contributed by atoms with Crippen molar-refractivity contribution >= 4 is 17.5 Å². The number of hydrogen-bond acceptors (Lipinski definition) is 10. The molecule has 1 heterocycles. The van der Waals surface area contributed by atoms with Gasteiger partial charge in [0, 0.05) is 22.3 Å². The van der Waals surface area contributed by atoms with Gasteiger partial charge < -0.3 is 39.4 Å². The van der Waals surface area contributed by atoms with E-state index in [2.05, 4.69) is 0 Å². The molecule has 0 unspecified atom stereocenters. The first-order chi connectivity index (χ1) is 17.0.